The first-order valence-electron chi connectivity index (χ1n) is 40.6. The molecule has 8 aromatic rings. The van der Waals surface area contributed by atoms with Crippen molar-refractivity contribution < 1.29 is 13.3 Å². The van der Waals surface area contributed by atoms with E-state index in [0.717, 1.165) is 16.4 Å². The van der Waals surface area contributed by atoms with Crippen LogP contribution in [0.5, 0.6) is 0 Å². The molecule has 2 heterocycles. The van der Waals surface area contributed by atoms with Crippen LogP contribution in [0, 0.1) is 0 Å². The van der Waals surface area contributed by atoms with Gasteiger partial charge < -0.3 is 20.0 Å². The minimum atomic E-state index is -0.608. The first-order chi connectivity index (χ1) is 68.7. The molecule has 2 aliphatic heterocycles. The zero-order chi connectivity index (χ0) is 111. The fourth-order valence-electron chi connectivity index (χ4n) is 15.3. The maximum absolute atomic E-state index is 6.68. The first kappa shape index (κ1) is 170. The molecule has 8 aromatic carbocycles. The number of hydrogen-bond acceptors (Lipinski definition) is 4. The predicted octanol–water partition coefficient (Wildman–Crippen LogP) is 75.5. The van der Waals surface area contributed by atoms with E-state index < -0.39 is 237 Å². The minimum Gasteiger partial charge on any atom is -0.356 e. The SMILES string of the molecule is CC(C)(C)c1cc(Cl)cc(N2c3ccc(C(C)(C)C)cc3C3(C)CCCCC23C)c1.CC(C)(C)c1cc(N(c2ccccc2)c2ccccc2)cc(N2c3ccc(C(C)(C)C)cc3C3(C)CCCCC23C)c1.I[I-]I(I)I(I)I(I)I(I)I(I)I(I)I(I)I(I)I(I)I(I)I(I)I(I)I(I)I(I)I(I)I(I)I(I)I(I)I(I)I(I)I(I)I(I)I(I)I(I)I(I)I(I)I(I)I(I)I(I)I(I)I.c1ccc(Nc2ccccc2)cc1. The molecule has 4 aliphatic rings. The quantitative estimate of drug-likeness (QED) is 0.0392. The van der Waals surface area contributed by atoms with Crippen LogP contribution in [-0.2, 0) is 32.5 Å². The monoisotopic (exact) mass is 9140 g/mol. The minimum absolute atomic E-state index is 0.000769. The summed E-state index contributed by atoms with van der Waals surface area (Å²) in [7, 11) is -16.7. The summed E-state index contributed by atoms with van der Waals surface area (Å²) in [6.07, 6.45) is 10.0. The molecule has 148 heavy (non-hydrogen) atoms. The van der Waals surface area contributed by atoms with Crippen LogP contribution in [0.4, 0.5) is 51.2 Å². The summed E-state index contributed by atoms with van der Waals surface area (Å²) in [6, 6.07) is 70.5. The van der Waals surface area contributed by atoms with E-state index in [2.05, 4.69) is 860 Å². The Morgan fingerprint density at radius 1 is 0.270 bits per heavy atom. The van der Waals surface area contributed by atoms with Gasteiger partial charge in [0.25, 0.3) is 0 Å². The normalized spacial score (nSPS) is 20.5. The van der Waals surface area contributed by atoms with Gasteiger partial charge in [0.1, 0.15) is 0 Å². The molecule has 4 atom stereocenters. The third kappa shape index (κ3) is 49.8. The summed E-state index contributed by atoms with van der Waals surface area (Å²) in [5.41, 5.74) is 20.3. The number of fused-ring (bicyclic) bond motifs is 6. The van der Waals surface area contributed by atoms with Crippen LogP contribution >= 0.6 is 844 Å². The summed E-state index contributed by atoms with van der Waals surface area (Å²) >= 11 is 113. The van der Waals surface area contributed by atoms with Gasteiger partial charge in [-0.25, -0.2) is 0 Å². The van der Waals surface area contributed by atoms with Gasteiger partial charge in [-0.1, -0.05) is 231 Å². The molecule has 2 saturated carbocycles. The Hall–Kier alpha value is 39.2. The fourth-order valence-corrected chi connectivity index (χ4v) is 12000. The van der Waals surface area contributed by atoms with Crippen molar-refractivity contribution in [1.82, 2.24) is 0 Å². The van der Waals surface area contributed by atoms with Crippen LogP contribution < -0.4 is 33.3 Å². The molecule has 4 unspecified atom stereocenters. The van der Waals surface area contributed by atoms with E-state index >= 15 is 0 Å². The first-order valence-corrected chi connectivity index (χ1v) is 431. The van der Waals surface area contributed by atoms with Crippen LogP contribution in [0.3, 0.4) is 0 Å². The molecule has 68 heteroatoms. The molecule has 2 fully saturated rings. The van der Waals surface area contributed by atoms with Crippen molar-refractivity contribution in [2.24, 2.45) is 0 Å². The molecule has 0 amide bonds. The van der Waals surface area contributed by atoms with Crippen molar-refractivity contribution in [1.29, 1.82) is 0 Å². The second-order valence-electron chi connectivity index (χ2n) is 35.0. The standard InChI is InChI=1S/C40H48N2.C28H38ClN.C12H11N.I63/c1-37(2,3)29-21-22-36-35(27-29)39(7)23-15-16-24-40(39,8)42(36)34-26-30(38(4,5)6)25-33(28-34)41(31-17-11-9-12-18-31)32-19-13-10-14-20-32;1-25(2,3)19-11-12-24-23(17-19)27(7)13-9-10-14-28(27,8)30(24)22-16-20(26(4,5)6)15-21(29)18-22;1-3-7-11(8-4-1)13-12-9-5-2-6-10-12;1-33-35(4)37(6)39(8)41(10)43(12)45(14)47(16)49(18)51(20)53(22)55(24)57(26)59(28)61(30)63(32)62(31)60(29)58(27)56(25)54(23)52(21)50(19)48(17)46(15)44(13)42(11)40(9)38(7)36(5)34(2)3/h9-14,17-22,25-28H,15-16,23-24H2,1-8H3;11-12,15-18H,9-10,13-14H2,1-8H3;1-10,13H;/q;;;-1. The Balaban J connectivity index is 0.000000243. The van der Waals surface area contributed by atoms with E-state index in [4.69, 9.17) is 11.6 Å². The third-order valence-corrected chi connectivity index (χ3v) is 4900. The van der Waals surface area contributed by atoms with Crippen LogP contribution in [0.1, 0.15) is 196 Å². The number of benzene rings is 8. The van der Waals surface area contributed by atoms with Gasteiger partial charge in [-0.3, -0.25) is 0 Å². The molecule has 0 radical (unpaired) electrons. The predicted molar refractivity (Wildman–Crippen MR) is 1240 cm³/mol. The van der Waals surface area contributed by atoms with Crippen molar-refractivity contribution in [3.05, 3.63) is 233 Å². The zero-order valence-electron chi connectivity index (χ0n) is 78.2. The number of halogens is 64. The summed E-state index contributed by atoms with van der Waals surface area (Å²) in [5, 5.41) is 4.14. The number of para-hydroxylation sites is 4. The van der Waals surface area contributed by atoms with E-state index in [-0.39, 0.29) is 43.6 Å². The van der Waals surface area contributed by atoms with E-state index in [1.165, 1.54) is 125 Å². The number of nitrogens with one attached hydrogen (secondary N) is 1. The Kier molecular flexibility index (Phi) is 96.4. The van der Waals surface area contributed by atoms with Gasteiger partial charge in [-0.15, -0.1) is 0 Å². The maximum Gasteiger partial charge on any atom is 0.0384 e. The summed E-state index contributed by atoms with van der Waals surface area (Å²) < 4.78 is 0. The van der Waals surface area contributed by atoms with Gasteiger partial charge in [-0.2, -0.15) is 0 Å². The Morgan fingerprint density at radius 3 is 0.777 bits per heavy atom. The molecule has 0 aromatic heterocycles. The van der Waals surface area contributed by atoms with Gasteiger partial charge >= 0.3 is 846 Å². The summed E-state index contributed by atoms with van der Waals surface area (Å²) in [5.74, 6) is 0. The Labute approximate surface area is 1310 Å². The van der Waals surface area contributed by atoms with Crippen molar-refractivity contribution in [2.45, 2.75) is 206 Å². The summed E-state index contributed by atoms with van der Waals surface area (Å²) in [4.78, 5) is 7.79. The maximum atomic E-state index is 6.68. The number of anilines is 9. The van der Waals surface area contributed by atoms with E-state index in [0.29, 0.717) is 13.3 Å². The molecular formula is C80H97ClI63N4-. The fraction of sp³-hybridized carbons (Fsp3) is 0.400. The van der Waals surface area contributed by atoms with Crippen molar-refractivity contribution >= 4 is 895 Å². The van der Waals surface area contributed by atoms with E-state index in [1.807, 2.05) is 60.7 Å². The Morgan fingerprint density at radius 2 is 0.514 bits per heavy atom. The van der Waals surface area contributed by atoms with Gasteiger partial charge in [0, 0.05) is 67.0 Å². The third-order valence-electron chi connectivity index (χ3n) is 22.5. The zero-order valence-corrected chi connectivity index (χ0v) is 215. The largest absolute Gasteiger partial charge is 0.356 e. The van der Waals surface area contributed by atoms with Crippen LogP contribution in [0.2, 0.25) is 5.02 Å². The van der Waals surface area contributed by atoms with Crippen molar-refractivity contribution in [2.75, 3.05) is 20.0 Å². The van der Waals surface area contributed by atoms with Crippen molar-refractivity contribution in [3.63, 3.8) is 0 Å². The molecular weight excluding hydrogens is 9050 g/mol. The van der Waals surface area contributed by atoms with Crippen molar-refractivity contribution in [3.8, 4) is 0 Å². The average Bonchev–Trinajstić information content (AvgIpc) is 1.53. The number of hydrogen-bond donors (Lipinski definition) is 1. The van der Waals surface area contributed by atoms with Crippen LogP contribution in [0.25, 0.3) is 0 Å². The van der Waals surface area contributed by atoms with Gasteiger partial charge in [0.2, 0.25) is 0 Å². The van der Waals surface area contributed by atoms with Crippen LogP contribution in [-0.4, -0.2) is 11.1 Å². The van der Waals surface area contributed by atoms with E-state index in [9.17, 15) is 0 Å². The Bertz CT molecular complexity index is 5420. The molecule has 12 rings (SSSR count). The summed E-state index contributed by atoms with van der Waals surface area (Å²) in [6.45, 7) is 37.9. The molecule has 2 aliphatic carbocycles. The average molecular weight is 9150 g/mol. The smallest absolute Gasteiger partial charge is 0.0384 e. The molecule has 4 nitrogen and oxygen atoms in total. The second kappa shape index (κ2) is 83.7. The van der Waals surface area contributed by atoms with E-state index in [1.54, 1.807) is 0 Å². The molecule has 1 N–H and O–H groups in total. The van der Waals surface area contributed by atoms with Gasteiger partial charge in [0.05, 0.1) is 11.1 Å². The molecule has 0 spiro atoms. The number of rotatable bonds is 37. The van der Waals surface area contributed by atoms with Gasteiger partial charge in [0.15, 0.2) is 0 Å². The molecule has 886 valence electrons. The van der Waals surface area contributed by atoms with Gasteiger partial charge in [-0.05, 0) is 192 Å². The second-order valence-corrected chi connectivity index (χ2v) is 1510. The topological polar surface area (TPSA) is 21.8 Å². The molecule has 0 saturated heterocycles. The van der Waals surface area contributed by atoms with Crippen LogP contribution in [0.15, 0.2) is 194 Å². The molecule has 0 bridgehead atoms. The number of nitrogens with zero attached hydrogens (tertiary/aromatic N) is 3.